The Kier molecular flexibility index (Phi) is 7.40. The second-order valence-corrected chi connectivity index (χ2v) is 15.1. The van der Waals surface area contributed by atoms with Gasteiger partial charge in [0.05, 0.1) is 5.41 Å². The van der Waals surface area contributed by atoms with Gasteiger partial charge in [0, 0.05) is 7.11 Å². The maximum atomic E-state index is 13.6. The monoisotopic (exact) mass is 492 g/mol. The summed E-state index contributed by atoms with van der Waals surface area (Å²) in [5.74, 6) is 4.18. The van der Waals surface area contributed by atoms with E-state index in [0.29, 0.717) is 23.7 Å². The third kappa shape index (κ3) is 4.03. The topological polar surface area (TPSA) is 63.6 Å². The molecule has 0 saturated heterocycles. The van der Waals surface area contributed by atoms with E-state index in [1.54, 1.807) is 0 Å². The van der Waals surface area contributed by atoms with Crippen molar-refractivity contribution in [3.63, 3.8) is 0 Å². The molecule has 194 valence electrons. The predicted molar refractivity (Wildman–Crippen MR) is 138 cm³/mol. The van der Waals surface area contributed by atoms with Crippen LogP contribution in [0.15, 0.2) is 12.2 Å². The van der Waals surface area contributed by atoms with Gasteiger partial charge in [0.2, 0.25) is 0 Å². The van der Waals surface area contributed by atoms with Crippen LogP contribution in [0, 0.1) is 51.8 Å². The zero-order valence-corrected chi connectivity index (χ0v) is 23.4. The predicted octanol–water partition coefficient (Wildman–Crippen LogP) is 8.00. The van der Waals surface area contributed by atoms with Crippen LogP contribution in [0.2, 0.25) is 0 Å². The van der Waals surface area contributed by atoms with Crippen LogP contribution >= 0.6 is 7.60 Å². The molecule has 1 N–H and O–H groups in total. The van der Waals surface area contributed by atoms with Crippen LogP contribution in [0.1, 0.15) is 105 Å². The Balaban J connectivity index is 1.58. The molecule has 5 heteroatoms. The number of hydrogen-bond acceptors (Lipinski definition) is 3. The number of carbonyl (C=O) groups excluding carboxylic acids is 1. The highest BCUT2D eigenvalue weighted by atomic mass is 31.2. The Morgan fingerprint density at radius 2 is 1.79 bits per heavy atom. The van der Waals surface area contributed by atoms with Crippen molar-refractivity contribution in [2.75, 3.05) is 7.11 Å². The molecule has 0 aromatic rings. The molecule has 0 aliphatic heterocycles. The van der Waals surface area contributed by atoms with Gasteiger partial charge in [0.15, 0.2) is 0 Å². The number of carbonyl (C=O) groups is 1. The summed E-state index contributed by atoms with van der Waals surface area (Å²) in [4.78, 5) is 24.0. The molecule has 9 atom stereocenters. The Labute approximate surface area is 208 Å². The summed E-state index contributed by atoms with van der Waals surface area (Å²) >= 11 is 0. The van der Waals surface area contributed by atoms with Crippen LogP contribution < -0.4 is 0 Å². The van der Waals surface area contributed by atoms with Crippen molar-refractivity contribution in [2.24, 2.45) is 51.8 Å². The zero-order valence-electron chi connectivity index (χ0n) is 22.5. The molecule has 34 heavy (non-hydrogen) atoms. The fourth-order valence-corrected chi connectivity index (χ4v) is 10.7. The Morgan fingerprint density at radius 1 is 1.06 bits per heavy atom. The number of hydrogen-bond donors (Lipinski definition) is 1. The molecule has 3 fully saturated rings. The van der Waals surface area contributed by atoms with Gasteiger partial charge in [-0.3, -0.25) is 9.36 Å². The minimum atomic E-state index is -4.29. The van der Waals surface area contributed by atoms with Crippen LogP contribution in [0.4, 0.5) is 0 Å². The van der Waals surface area contributed by atoms with Crippen LogP contribution in [0.3, 0.4) is 0 Å². The lowest BCUT2D eigenvalue weighted by Crippen LogP contribution is -2.59. The van der Waals surface area contributed by atoms with Crippen molar-refractivity contribution < 1.29 is 18.8 Å². The van der Waals surface area contributed by atoms with Crippen molar-refractivity contribution in [1.29, 1.82) is 0 Å². The maximum absolute atomic E-state index is 13.6. The van der Waals surface area contributed by atoms with E-state index >= 15 is 0 Å². The minimum Gasteiger partial charge on any atom is -0.319 e. The molecule has 4 rings (SSSR count). The smallest absolute Gasteiger partial charge is 0.319 e. The number of allylic oxidation sites excluding steroid dienone is 2. The van der Waals surface area contributed by atoms with Gasteiger partial charge in [0.1, 0.15) is 0 Å². The van der Waals surface area contributed by atoms with Gasteiger partial charge in [0.25, 0.3) is 5.52 Å². The summed E-state index contributed by atoms with van der Waals surface area (Å²) in [6, 6.07) is 0. The number of fused-ring (bicyclic) bond motifs is 5. The third-order valence-electron chi connectivity index (χ3n) is 11.5. The largest absolute Gasteiger partial charge is 0.394 e. The van der Waals surface area contributed by atoms with E-state index < -0.39 is 18.5 Å². The summed E-state index contributed by atoms with van der Waals surface area (Å²) in [7, 11) is -3.10. The van der Waals surface area contributed by atoms with E-state index in [1.807, 2.05) is 6.08 Å². The molecule has 4 nitrogen and oxygen atoms in total. The standard InChI is InChI=1S/C29H49O4P/c1-20(2)10-9-11-21(3)23-12-13-24-22-14-19-29(26(30)34(31,32)33-6)17-8-7-16-28(29,5)25(22)15-18-27(23,24)4/h8,17,20-25H,7,9-16,18-19H2,1-6H3,(H,31,32)/t21-,22?,23-,24?,25?,27-,28-,29?/m1/s1. The first kappa shape index (κ1) is 26.6. The molecule has 0 aromatic carbocycles. The molecular weight excluding hydrogens is 443 g/mol. The van der Waals surface area contributed by atoms with Gasteiger partial charge >= 0.3 is 7.60 Å². The van der Waals surface area contributed by atoms with Crippen LogP contribution in [0.5, 0.6) is 0 Å². The van der Waals surface area contributed by atoms with E-state index in [0.717, 1.165) is 49.4 Å². The van der Waals surface area contributed by atoms with Gasteiger partial charge in [-0.05, 0) is 97.7 Å². The van der Waals surface area contributed by atoms with Gasteiger partial charge in [-0.1, -0.05) is 66.0 Å². The Hall–Kier alpha value is -0.440. The molecule has 4 aliphatic rings. The van der Waals surface area contributed by atoms with Gasteiger partial charge in [-0.2, -0.15) is 0 Å². The molecular formula is C29H49O4P. The van der Waals surface area contributed by atoms with Crippen LogP contribution in [0.25, 0.3) is 0 Å². The highest BCUT2D eigenvalue weighted by molar-refractivity contribution is 7.71. The lowest BCUT2D eigenvalue weighted by molar-refractivity contribution is -0.153. The highest BCUT2D eigenvalue weighted by Crippen LogP contribution is 2.72. The molecule has 4 aliphatic carbocycles. The van der Waals surface area contributed by atoms with Crippen molar-refractivity contribution in [1.82, 2.24) is 0 Å². The van der Waals surface area contributed by atoms with Crippen molar-refractivity contribution in [2.45, 2.75) is 105 Å². The maximum Gasteiger partial charge on any atom is 0.394 e. The summed E-state index contributed by atoms with van der Waals surface area (Å²) < 4.78 is 17.6. The second kappa shape index (κ2) is 9.46. The number of rotatable bonds is 8. The normalized spacial score (nSPS) is 44.1. The van der Waals surface area contributed by atoms with E-state index in [4.69, 9.17) is 4.52 Å². The second-order valence-electron chi connectivity index (χ2n) is 13.3. The van der Waals surface area contributed by atoms with E-state index in [-0.39, 0.29) is 5.41 Å². The average Bonchev–Trinajstić information content (AvgIpc) is 3.15. The molecule has 0 amide bonds. The fraction of sp³-hybridized carbons (Fsp3) is 0.897. The first-order valence-electron chi connectivity index (χ1n) is 14.0. The molecule has 0 bridgehead atoms. The van der Waals surface area contributed by atoms with Crippen molar-refractivity contribution in [3.05, 3.63) is 12.2 Å². The highest BCUT2D eigenvalue weighted by Gasteiger charge is 2.67. The summed E-state index contributed by atoms with van der Waals surface area (Å²) in [6.07, 6.45) is 16.7. The first-order chi connectivity index (χ1) is 15.9. The summed E-state index contributed by atoms with van der Waals surface area (Å²) in [5, 5.41) is 0. The first-order valence-corrected chi connectivity index (χ1v) is 15.6. The van der Waals surface area contributed by atoms with Crippen LogP contribution in [-0.4, -0.2) is 17.5 Å². The molecule has 0 heterocycles. The SMILES string of the molecule is COP(=O)(O)C(=O)C12C=CCC[C@]1(C)C1CC[C@@]3(C)C(CC[C@@H]3[C@H](C)CCCC(C)C)C1CC2. The van der Waals surface area contributed by atoms with E-state index in [9.17, 15) is 14.3 Å². The van der Waals surface area contributed by atoms with Gasteiger partial charge in [-0.15, -0.1) is 0 Å². The third-order valence-corrected chi connectivity index (χ3v) is 12.9. The van der Waals surface area contributed by atoms with Crippen molar-refractivity contribution in [3.8, 4) is 0 Å². The Bertz CT molecular complexity index is 851. The van der Waals surface area contributed by atoms with Gasteiger partial charge < -0.3 is 9.42 Å². The van der Waals surface area contributed by atoms with Crippen molar-refractivity contribution >= 4 is 13.1 Å². The lowest BCUT2D eigenvalue weighted by Gasteiger charge is -2.63. The summed E-state index contributed by atoms with van der Waals surface area (Å²) in [5.41, 5.74) is -1.28. The fourth-order valence-electron chi connectivity index (χ4n) is 9.62. The quantitative estimate of drug-likeness (QED) is 0.275. The molecule has 0 aromatic heterocycles. The molecule has 0 spiro atoms. The molecule has 5 unspecified atom stereocenters. The van der Waals surface area contributed by atoms with E-state index in [2.05, 4.69) is 40.7 Å². The zero-order chi connectivity index (χ0) is 24.9. The molecule has 0 radical (unpaired) electrons. The lowest BCUT2D eigenvalue weighted by atomic mass is 9.41. The van der Waals surface area contributed by atoms with Gasteiger partial charge in [-0.25, -0.2) is 0 Å². The summed E-state index contributed by atoms with van der Waals surface area (Å²) in [6.45, 7) is 12.0. The average molecular weight is 493 g/mol. The minimum absolute atomic E-state index is 0.263. The molecule has 3 saturated carbocycles. The van der Waals surface area contributed by atoms with E-state index in [1.165, 1.54) is 45.6 Å². The van der Waals surface area contributed by atoms with Crippen LogP contribution in [-0.2, 0) is 13.9 Å². The Morgan fingerprint density at radius 3 is 2.47 bits per heavy atom.